The van der Waals surface area contributed by atoms with Crippen LogP contribution in [0.4, 0.5) is 5.69 Å². The standard InChI is InChI=1S/C17H22N2O5/c1-17(2,16(22)23)11-18-14(20)10-24-13-6-3-5-12(9-13)19-8-4-7-15(19)21/h3,5-6,9H,4,7-8,10-11H2,1-2H3,(H,18,20)(H,22,23). The Kier molecular flexibility index (Phi) is 5.43. The highest BCUT2D eigenvalue weighted by Crippen LogP contribution is 2.25. The molecule has 7 nitrogen and oxygen atoms in total. The summed E-state index contributed by atoms with van der Waals surface area (Å²) in [7, 11) is 0. The van der Waals surface area contributed by atoms with Crippen LogP contribution >= 0.6 is 0 Å². The molecule has 0 unspecified atom stereocenters. The van der Waals surface area contributed by atoms with Gasteiger partial charge >= 0.3 is 5.97 Å². The van der Waals surface area contributed by atoms with E-state index >= 15 is 0 Å². The monoisotopic (exact) mass is 334 g/mol. The Bertz CT molecular complexity index is 642. The van der Waals surface area contributed by atoms with E-state index in [2.05, 4.69) is 5.32 Å². The number of hydrogen-bond acceptors (Lipinski definition) is 4. The Morgan fingerprint density at radius 1 is 1.38 bits per heavy atom. The summed E-state index contributed by atoms with van der Waals surface area (Å²) in [5.41, 5.74) is -0.284. The van der Waals surface area contributed by atoms with Crippen molar-refractivity contribution in [1.29, 1.82) is 0 Å². The van der Waals surface area contributed by atoms with Crippen molar-refractivity contribution >= 4 is 23.5 Å². The maximum absolute atomic E-state index is 11.8. The van der Waals surface area contributed by atoms with Crippen LogP contribution in [0.1, 0.15) is 26.7 Å². The van der Waals surface area contributed by atoms with Crippen LogP contribution in [-0.2, 0) is 14.4 Å². The fraction of sp³-hybridized carbons (Fsp3) is 0.471. The number of ether oxygens (including phenoxy) is 1. The minimum Gasteiger partial charge on any atom is -0.484 e. The van der Waals surface area contributed by atoms with Crippen LogP contribution in [0.3, 0.4) is 0 Å². The minimum absolute atomic E-state index is 0.0207. The van der Waals surface area contributed by atoms with Gasteiger partial charge in [0.15, 0.2) is 6.61 Å². The largest absolute Gasteiger partial charge is 0.484 e. The predicted octanol–water partition coefficient (Wildman–Crippen LogP) is 1.42. The number of anilines is 1. The SMILES string of the molecule is CC(C)(CNC(=O)COc1cccc(N2CCCC2=O)c1)C(=O)O. The van der Waals surface area contributed by atoms with Crippen molar-refractivity contribution in [2.45, 2.75) is 26.7 Å². The van der Waals surface area contributed by atoms with Crippen molar-refractivity contribution in [3.63, 3.8) is 0 Å². The number of carbonyl (C=O) groups excluding carboxylic acids is 2. The van der Waals surface area contributed by atoms with Crippen LogP contribution < -0.4 is 15.0 Å². The van der Waals surface area contributed by atoms with Gasteiger partial charge in [-0.05, 0) is 32.4 Å². The van der Waals surface area contributed by atoms with Crippen molar-refractivity contribution in [1.82, 2.24) is 5.32 Å². The highest BCUT2D eigenvalue weighted by atomic mass is 16.5. The molecule has 0 spiro atoms. The van der Waals surface area contributed by atoms with Gasteiger partial charge in [0.25, 0.3) is 5.91 Å². The van der Waals surface area contributed by atoms with E-state index < -0.39 is 17.3 Å². The van der Waals surface area contributed by atoms with E-state index in [0.717, 1.165) is 12.1 Å². The average molecular weight is 334 g/mol. The van der Waals surface area contributed by atoms with E-state index in [1.165, 1.54) is 13.8 Å². The quantitative estimate of drug-likeness (QED) is 0.786. The summed E-state index contributed by atoms with van der Waals surface area (Å²) >= 11 is 0. The highest BCUT2D eigenvalue weighted by molar-refractivity contribution is 5.95. The number of benzene rings is 1. The number of carbonyl (C=O) groups is 3. The van der Waals surface area contributed by atoms with Crippen molar-refractivity contribution in [2.75, 3.05) is 24.6 Å². The van der Waals surface area contributed by atoms with Crippen molar-refractivity contribution < 1.29 is 24.2 Å². The smallest absolute Gasteiger partial charge is 0.310 e. The molecule has 2 N–H and O–H groups in total. The van der Waals surface area contributed by atoms with Crippen LogP contribution in [0.2, 0.25) is 0 Å². The molecule has 24 heavy (non-hydrogen) atoms. The maximum atomic E-state index is 11.8. The Morgan fingerprint density at radius 2 is 2.12 bits per heavy atom. The summed E-state index contributed by atoms with van der Waals surface area (Å²) in [6.45, 7) is 3.56. The van der Waals surface area contributed by atoms with Gasteiger partial charge in [-0.2, -0.15) is 0 Å². The molecule has 1 aliphatic heterocycles. The van der Waals surface area contributed by atoms with Crippen LogP contribution in [0.15, 0.2) is 24.3 Å². The van der Waals surface area contributed by atoms with E-state index in [1.54, 1.807) is 23.1 Å². The van der Waals surface area contributed by atoms with E-state index in [9.17, 15) is 14.4 Å². The predicted molar refractivity (Wildman–Crippen MR) is 88.0 cm³/mol. The van der Waals surface area contributed by atoms with Gasteiger partial charge < -0.3 is 20.1 Å². The van der Waals surface area contributed by atoms with E-state index in [0.29, 0.717) is 18.7 Å². The van der Waals surface area contributed by atoms with Gasteiger partial charge in [-0.3, -0.25) is 14.4 Å². The van der Waals surface area contributed by atoms with Crippen molar-refractivity contribution in [2.24, 2.45) is 5.41 Å². The lowest BCUT2D eigenvalue weighted by Gasteiger charge is -2.19. The fourth-order valence-corrected chi connectivity index (χ4v) is 2.26. The second-order valence-corrected chi connectivity index (χ2v) is 6.40. The molecule has 0 saturated carbocycles. The molecule has 0 radical (unpaired) electrons. The second kappa shape index (κ2) is 7.33. The van der Waals surface area contributed by atoms with Gasteiger partial charge in [-0.25, -0.2) is 0 Å². The molecule has 0 bridgehead atoms. The molecule has 1 aromatic carbocycles. The zero-order valence-corrected chi connectivity index (χ0v) is 13.9. The number of nitrogens with zero attached hydrogens (tertiary/aromatic N) is 1. The summed E-state index contributed by atoms with van der Waals surface area (Å²) in [6, 6.07) is 7.02. The van der Waals surface area contributed by atoms with Gasteiger partial charge in [-0.15, -0.1) is 0 Å². The molecule has 1 saturated heterocycles. The van der Waals surface area contributed by atoms with Crippen LogP contribution in [-0.4, -0.2) is 42.6 Å². The molecule has 0 aromatic heterocycles. The molecule has 7 heteroatoms. The molecule has 130 valence electrons. The Morgan fingerprint density at radius 3 is 2.75 bits per heavy atom. The summed E-state index contributed by atoms with van der Waals surface area (Å²) in [6.07, 6.45) is 1.39. The van der Waals surface area contributed by atoms with Gasteiger partial charge in [-0.1, -0.05) is 6.07 Å². The molecule has 2 rings (SSSR count). The Hall–Kier alpha value is -2.57. The van der Waals surface area contributed by atoms with E-state index in [4.69, 9.17) is 9.84 Å². The molecular weight excluding hydrogens is 312 g/mol. The lowest BCUT2D eigenvalue weighted by Crippen LogP contribution is -2.40. The molecule has 1 aliphatic rings. The lowest BCUT2D eigenvalue weighted by molar-refractivity contribution is -0.146. The summed E-state index contributed by atoms with van der Waals surface area (Å²) in [5, 5.41) is 11.5. The lowest BCUT2D eigenvalue weighted by atomic mass is 9.94. The number of nitrogens with one attached hydrogen (secondary N) is 1. The minimum atomic E-state index is -1.04. The molecule has 1 heterocycles. The summed E-state index contributed by atoms with van der Waals surface area (Å²) in [4.78, 5) is 36.2. The molecule has 1 fully saturated rings. The number of aliphatic carboxylic acids is 1. The van der Waals surface area contributed by atoms with E-state index in [-0.39, 0.29) is 19.1 Å². The summed E-state index contributed by atoms with van der Waals surface area (Å²) in [5.74, 6) is -0.806. The molecule has 2 amide bonds. The second-order valence-electron chi connectivity index (χ2n) is 6.40. The van der Waals surface area contributed by atoms with Gasteiger partial charge in [0, 0.05) is 31.3 Å². The maximum Gasteiger partial charge on any atom is 0.310 e. The van der Waals surface area contributed by atoms with Crippen LogP contribution in [0.25, 0.3) is 0 Å². The summed E-state index contributed by atoms with van der Waals surface area (Å²) < 4.78 is 5.43. The number of amides is 2. The third-order valence-electron chi connectivity index (χ3n) is 3.88. The topological polar surface area (TPSA) is 95.9 Å². The first-order valence-electron chi connectivity index (χ1n) is 7.83. The Balaban J connectivity index is 1.87. The van der Waals surface area contributed by atoms with Gasteiger partial charge in [0.2, 0.25) is 5.91 Å². The number of hydrogen-bond donors (Lipinski definition) is 2. The fourth-order valence-electron chi connectivity index (χ4n) is 2.26. The zero-order chi connectivity index (χ0) is 17.7. The highest BCUT2D eigenvalue weighted by Gasteiger charge is 2.27. The Labute approximate surface area is 140 Å². The zero-order valence-electron chi connectivity index (χ0n) is 13.9. The van der Waals surface area contributed by atoms with Gasteiger partial charge in [0.1, 0.15) is 5.75 Å². The molecule has 0 atom stereocenters. The van der Waals surface area contributed by atoms with Crippen molar-refractivity contribution in [3.05, 3.63) is 24.3 Å². The van der Waals surface area contributed by atoms with Crippen molar-refractivity contribution in [3.8, 4) is 5.75 Å². The number of rotatable bonds is 7. The number of carboxylic acids is 1. The first kappa shape index (κ1) is 17.8. The average Bonchev–Trinajstić information content (AvgIpc) is 2.97. The third-order valence-corrected chi connectivity index (χ3v) is 3.88. The first-order valence-corrected chi connectivity index (χ1v) is 7.83. The first-order chi connectivity index (χ1) is 11.3. The van der Waals surface area contributed by atoms with Crippen LogP contribution in [0, 0.1) is 5.41 Å². The van der Waals surface area contributed by atoms with Gasteiger partial charge in [0.05, 0.1) is 5.41 Å². The number of carboxylic acid groups (broad SMARTS) is 1. The molecular formula is C17H22N2O5. The third kappa shape index (κ3) is 4.47. The normalized spacial score (nSPS) is 14.6. The van der Waals surface area contributed by atoms with E-state index in [1.807, 2.05) is 6.07 Å². The van der Waals surface area contributed by atoms with Crippen LogP contribution in [0.5, 0.6) is 5.75 Å². The molecule has 0 aliphatic carbocycles. The molecule has 1 aromatic rings.